The highest BCUT2D eigenvalue weighted by molar-refractivity contribution is 8.01. The van der Waals surface area contributed by atoms with Gasteiger partial charge in [-0.25, -0.2) is 0 Å². The Morgan fingerprint density at radius 3 is 1.34 bits per heavy atom. The molecule has 5 aliphatic heterocycles. The lowest BCUT2D eigenvalue weighted by atomic mass is 9.30. The van der Waals surface area contributed by atoms with Crippen molar-refractivity contribution in [3.05, 3.63) is 164 Å². The van der Waals surface area contributed by atoms with Gasteiger partial charge in [-0.1, -0.05) is 192 Å². The molecule has 0 spiro atoms. The van der Waals surface area contributed by atoms with Crippen molar-refractivity contribution in [2.24, 2.45) is 0 Å². The van der Waals surface area contributed by atoms with Gasteiger partial charge in [-0.2, -0.15) is 0 Å². The highest BCUT2D eigenvalue weighted by Crippen LogP contribution is 2.60. The van der Waals surface area contributed by atoms with Gasteiger partial charge in [-0.3, -0.25) is 0 Å². The summed E-state index contributed by atoms with van der Waals surface area (Å²) in [5, 5.41) is 4.63. The average molecular weight is 840 g/mol. The summed E-state index contributed by atoms with van der Waals surface area (Å²) in [6, 6.07) is 60.5. The smallest absolute Gasteiger partial charge is 0.249 e. The third-order valence-electron chi connectivity index (χ3n) is 13.9. The largest absolute Gasteiger partial charge is 0.455 e. The molecular weight excluding hydrogens is 812 g/mol. The first-order valence-electron chi connectivity index (χ1n) is 21.1. The Bertz CT molecular complexity index is 3630. The standard InChI is InChI=1S/C54H27B2NO2S3/c1-3-13-28(14-4-1)30-19-11-21-36-51(30)60-42-27-43-45-48-44(42)55(36)38-25-34-32-17-7-9-23-40(32)58-49(34)53-46(38)57(48)47-39(26-35-33-18-8-10-24-41(33)59-50(35)54(47)62-53)56(45)37-22-12-20-31(52(37)61-43)29-15-5-2-6-16-29/h1-27H. The maximum absolute atomic E-state index is 6.99. The summed E-state index contributed by atoms with van der Waals surface area (Å²) in [5.74, 6) is 0. The molecule has 62 heavy (non-hydrogen) atoms. The van der Waals surface area contributed by atoms with Crippen LogP contribution in [0.15, 0.2) is 202 Å². The van der Waals surface area contributed by atoms with Gasteiger partial charge in [-0.15, -0.1) is 0 Å². The third-order valence-corrected chi connectivity index (χ3v) is 17.5. The molecule has 11 aromatic rings. The molecule has 3 nitrogen and oxygen atoms in total. The number of rotatable bonds is 2. The summed E-state index contributed by atoms with van der Waals surface area (Å²) in [7, 11) is 0. The number of nitrogens with zero attached hydrogens (tertiary/aromatic N) is 1. The molecule has 2 aromatic heterocycles. The summed E-state index contributed by atoms with van der Waals surface area (Å²) in [6.45, 7) is 0.0456. The van der Waals surface area contributed by atoms with Crippen LogP contribution in [0.2, 0.25) is 0 Å². The molecule has 0 atom stereocenters. The Labute approximate surface area is 369 Å². The van der Waals surface area contributed by atoms with E-state index in [0.717, 1.165) is 53.7 Å². The van der Waals surface area contributed by atoms with Crippen molar-refractivity contribution in [2.45, 2.75) is 29.4 Å². The van der Waals surface area contributed by atoms with Crippen molar-refractivity contribution in [2.75, 3.05) is 4.90 Å². The van der Waals surface area contributed by atoms with E-state index >= 15 is 0 Å². The first kappa shape index (κ1) is 33.2. The maximum atomic E-state index is 6.99. The third kappa shape index (κ3) is 4.03. The van der Waals surface area contributed by atoms with Crippen molar-refractivity contribution in [1.82, 2.24) is 0 Å². The molecule has 16 rings (SSSR count). The van der Waals surface area contributed by atoms with E-state index in [1.165, 1.54) is 91.7 Å². The topological polar surface area (TPSA) is 29.5 Å². The number of hydrogen-bond acceptors (Lipinski definition) is 6. The molecule has 8 heteroatoms. The van der Waals surface area contributed by atoms with Gasteiger partial charge < -0.3 is 13.7 Å². The minimum Gasteiger partial charge on any atom is -0.455 e. The molecule has 0 unspecified atom stereocenters. The van der Waals surface area contributed by atoms with E-state index in [0.29, 0.717) is 0 Å². The van der Waals surface area contributed by atoms with Crippen LogP contribution in [0, 0.1) is 0 Å². The molecule has 0 aliphatic carbocycles. The maximum Gasteiger partial charge on any atom is 0.249 e. The molecule has 0 bridgehead atoms. The Balaban J connectivity index is 1.09. The van der Waals surface area contributed by atoms with Gasteiger partial charge in [0.2, 0.25) is 13.4 Å². The number of fused-ring (bicyclic) bond motifs is 14. The Hall–Kier alpha value is -6.44. The molecule has 0 radical (unpaired) electrons. The molecule has 0 saturated carbocycles. The predicted octanol–water partition coefficient (Wildman–Crippen LogP) is 11.3. The fraction of sp³-hybridized carbons (Fsp3) is 0. The van der Waals surface area contributed by atoms with Gasteiger partial charge in [0.15, 0.2) is 11.2 Å². The van der Waals surface area contributed by atoms with Crippen LogP contribution in [0.5, 0.6) is 0 Å². The molecule has 0 amide bonds. The Morgan fingerprint density at radius 1 is 0.371 bits per heavy atom. The minimum absolute atomic E-state index is 0.0228. The van der Waals surface area contributed by atoms with E-state index in [4.69, 9.17) is 8.83 Å². The van der Waals surface area contributed by atoms with Crippen LogP contribution in [0.4, 0.5) is 17.1 Å². The summed E-state index contributed by atoms with van der Waals surface area (Å²) in [5.41, 5.74) is 20.9. The molecule has 0 N–H and O–H groups in total. The zero-order valence-electron chi connectivity index (χ0n) is 32.7. The van der Waals surface area contributed by atoms with Crippen LogP contribution in [0.1, 0.15) is 0 Å². The second-order valence-electron chi connectivity index (χ2n) is 17.0. The second kappa shape index (κ2) is 11.7. The highest BCUT2D eigenvalue weighted by Gasteiger charge is 2.53. The lowest BCUT2D eigenvalue weighted by molar-refractivity contribution is 0.657. The van der Waals surface area contributed by atoms with E-state index in [9.17, 15) is 0 Å². The lowest BCUT2D eigenvalue weighted by Gasteiger charge is -2.50. The monoisotopic (exact) mass is 839 g/mol. The normalized spacial score (nSPS) is 14.5. The van der Waals surface area contributed by atoms with Gasteiger partial charge in [0.1, 0.15) is 11.2 Å². The average Bonchev–Trinajstić information content (AvgIpc) is 3.90. The predicted molar refractivity (Wildman–Crippen MR) is 261 cm³/mol. The summed E-state index contributed by atoms with van der Waals surface area (Å²) in [6.07, 6.45) is 0. The molecular formula is C54H27B2NO2S3. The second-order valence-corrected chi connectivity index (χ2v) is 20.1. The number of para-hydroxylation sites is 2. The van der Waals surface area contributed by atoms with Gasteiger partial charge in [0.25, 0.3) is 0 Å². The van der Waals surface area contributed by atoms with E-state index in [1.807, 2.05) is 35.3 Å². The molecule has 284 valence electrons. The van der Waals surface area contributed by atoms with Crippen LogP contribution in [0.25, 0.3) is 66.1 Å². The summed E-state index contributed by atoms with van der Waals surface area (Å²) < 4.78 is 14.0. The molecule has 7 heterocycles. The van der Waals surface area contributed by atoms with Crippen molar-refractivity contribution in [1.29, 1.82) is 0 Å². The van der Waals surface area contributed by atoms with Crippen molar-refractivity contribution in [3.8, 4) is 22.3 Å². The van der Waals surface area contributed by atoms with Crippen molar-refractivity contribution >= 4 is 142 Å². The highest BCUT2D eigenvalue weighted by atomic mass is 32.2. The number of furan rings is 2. The lowest BCUT2D eigenvalue weighted by Crippen LogP contribution is -2.68. The van der Waals surface area contributed by atoms with Crippen LogP contribution >= 0.6 is 35.3 Å². The van der Waals surface area contributed by atoms with Gasteiger partial charge in [0, 0.05) is 46.8 Å². The molecule has 0 saturated heterocycles. The first-order valence-corrected chi connectivity index (χ1v) is 23.6. The van der Waals surface area contributed by atoms with Crippen molar-refractivity contribution < 1.29 is 8.83 Å². The van der Waals surface area contributed by atoms with Gasteiger partial charge in [0.05, 0.1) is 21.2 Å². The SMILES string of the molecule is c1ccc(-c2cccc3c2Sc2cc4c5c6c2B3c2cc3c(oc7ccccc73)c3c2N6c2c(cc6c(oc7ccccc76)c2S3)B5c2cccc(-c3ccccc3)c2S4)cc1. The van der Waals surface area contributed by atoms with Crippen LogP contribution < -0.4 is 37.7 Å². The van der Waals surface area contributed by atoms with E-state index in [1.54, 1.807) is 0 Å². The minimum atomic E-state index is 0.0228. The van der Waals surface area contributed by atoms with Crippen molar-refractivity contribution in [3.63, 3.8) is 0 Å². The fourth-order valence-electron chi connectivity index (χ4n) is 11.5. The van der Waals surface area contributed by atoms with Crippen LogP contribution in [0.3, 0.4) is 0 Å². The number of hydrogen-bond donors (Lipinski definition) is 0. The summed E-state index contributed by atoms with van der Waals surface area (Å²) in [4.78, 5) is 10.4. The quantitative estimate of drug-likeness (QED) is 0.161. The van der Waals surface area contributed by atoms with Crippen LogP contribution in [-0.4, -0.2) is 13.4 Å². The van der Waals surface area contributed by atoms with E-state index in [-0.39, 0.29) is 13.4 Å². The summed E-state index contributed by atoms with van der Waals surface area (Å²) >= 11 is 5.77. The Kier molecular flexibility index (Phi) is 6.28. The molecule has 9 aromatic carbocycles. The van der Waals surface area contributed by atoms with E-state index < -0.39 is 0 Å². The van der Waals surface area contributed by atoms with Gasteiger partial charge >= 0.3 is 0 Å². The number of benzene rings is 9. The molecule has 5 aliphatic rings. The zero-order chi connectivity index (χ0) is 39.9. The molecule has 0 fully saturated rings. The zero-order valence-corrected chi connectivity index (χ0v) is 35.2. The van der Waals surface area contributed by atoms with Crippen LogP contribution in [-0.2, 0) is 0 Å². The fourth-order valence-corrected chi connectivity index (χ4v) is 15.5. The van der Waals surface area contributed by atoms with Gasteiger partial charge in [-0.05, 0) is 62.3 Å². The number of anilines is 3. The first-order chi connectivity index (χ1) is 30.8. The Morgan fingerprint density at radius 2 is 0.839 bits per heavy atom. The van der Waals surface area contributed by atoms with E-state index in [2.05, 4.69) is 169 Å².